The highest BCUT2D eigenvalue weighted by Crippen LogP contribution is 2.65. The first-order valence-electron chi connectivity index (χ1n) is 14.4. The van der Waals surface area contributed by atoms with Gasteiger partial charge in [-0.1, -0.05) is 40.0 Å². The molecule has 4 aliphatic rings. The van der Waals surface area contributed by atoms with Crippen LogP contribution in [-0.4, -0.2) is 47.0 Å². The number of nitrogens with one attached hydrogen (secondary N) is 2. The summed E-state index contributed by atoms with van der Waals surface area (Å²) in [7, 11) is 0. The largest absolute Gasteiger partial charge is 0.322 e. The van der Waals surface area contributed by atoms with Crippen molar-refractivity contribution in [1.82, 2.24) is 15.5 Å². The second-order valence-electron chi connectivity index (χ2n) is 12.6. The lowest BCUT2D eigenvalue weighted by molar-refractivity contribution is -0.136. The molecule has 2 bridgehead atoms. The van der Waals surface area contributed by atoms with Gasteiger partial charge in [0, 0.05) is 29.5 Å². The SMILES string of the molecule is CC1(C)[C@@H]2CC[C@@]1(C)[C@@H](NCCCCCCCSc1cc(F)cc3c1CN(C1CCC(=O)NC1=O)C3=O)C2. The summed E-state index contributed by atoms with van der Waals surface area (Å²) in [5.41, 5.74) is 2.04. The highest BCUT2D eigenvalue weighted by Gasteiger charge is 2.60. The molecule has 2 aliphatic carbocycles. The van der Waals surface area contributed by atoms with Gasteiger partial charge < -0.3 is 10.2 Å². The minimum atomic E-state index is -0.679. The van der Waals surface area contributed by atoms with E-state index >= 15 is 0 Å². The molecule has 1 aromatic carbocycles. The average molecular weight is 544 g/mol. The zero-order chi connectivity index (χ0) is 27.1. The van der Waals surface area contributed by atoms with Crippen molar-refractivity contribution >= 4 is 29.5 Å². The summed E-state index contributed by atoms with van der Waals surface area (Å²) in [6.45, 7) is 8.81. The molecular formula is C30H42FN3O3S. The molecule has 2 heterocycles. The molecule has 0 spiro atoms. The Morgan fingerprint density at radius 2 is 1.84 bits per heavy atom. The fourth-order valence-electron chi connectivity index (χ4n) is 7.45. The van der Waals surface area contributed by atoms with Crippen molar-refractivity contribution in [3.05, 3.63) is 29.1 Å². The smallest absolute Gasteiger partial charge is 0.255 e. The second kappa shape index (κ2) is 10.9. The number of halogens is 1. The Bertz CT molecular complexity index is 1110. The molecule has 2 saturated carbocycles. The fourth-order valence-corrected chi connectivity index (χ4v) is 8.56. The molecule has 3 fully saturated rings. The summed E-state index contributed by atoms with van der Waals surface area (Å²) in [5, 5.41) is 6.20. The van der Waals surface area contributed by atoms with E-state index < -0.39 is 17.8 Å². The molecule has 1 unspecified atom stereocenters. The number of hydrogen-bond acceptors (Lipinski definition) is 5. The van der Waals surface area contributed by atoms with Crippen molar-refractivity contribution in [2.75, 3.05) is 12.3 Å². The van der Waals surface area contributed by atoms with Crippen LogP contribution in [0.25, 0.3) is 0 Å². The highest BCUT2D eigenvalue weighted by atomic mass is 32.2. The lowest BCUT2D eigenvalue weighted by Crippen LogP contribution is -2.52. The van der Waals surface area contributed by atoms with Crippen LogP contribution in [0.15, 0.2) is 17.0 Å². The van der Waals surface area contributed by atoms with E-state index in [0.717, 1.165) is 41.5 Å². The molecule has 4 atom stereocenters. The van der Waals surface area contributed by atoms with Gasteiger partial charge in [0.15, 0.2) is 0 Å². The van der Waals surface area contributed by atoms with Crippen LogP contribution in [0.1, 0.15) is 101 Å². The van der Waals surface area contributed by atoms with Crippen molar-refractivity contribution in [3.63, 3.8) is 0 Å². The number of hydrogen-bond donors (Lipinski definition) is 2. The summed E-state index contributed by atoms with van der Waals surface area (Å²) < 4.78 is 14.4. The molecule has 38 heavy (non-hydrogen) atoms. The van der Waals surface area contributed by atoms with E-state index in [1.165, 1.54) is 55.6 Å². The number of fused-ring (bicyclic) bond motifs is 3. The van der Waals surface area contributed by atoms with Gasteiger partial charge in [-0.05, 0) is 85.3 Å². The number of nitrogens with zero attached hydrogens (tertiary/aromatic N) is 1. The van der Waals surface area contributed by atoms with E-state index in [1.807, 2.05) is 0 Å². The molecule has 2 aliphatic heterocycles. The molecule has 1 aromatic rings. The number of amides is 3. The lowest BCUT2D eigenvalue weighted by Gasteiger charge is -2.39. The molecule has 3 amide bonds. The molecule has 8 heteroatoms. The number of carbonyl (C=O) groups is 3. The van der Waals surface area contributed by atoms with Crippen LogP contribution >= 0.6 is 11.8 Å². The van der Waals surface area contributed by atoms with Crippen molar-refractivity contribution in [1.29, 1.82) is 0 Å². The van der Waals surface area contributed by atoms with Crippen LogP contribution in [0.4, 0.5) is 4.39 Å². The Hall–Kier alpha value is -1.93. The monoisotopic (exact) mass is 543 g/mol. The molecule has 0 aromatic heterocycles. The summed E-state index contributed by atoms with van der Waals surface area (Å²) in [4.78, 5) is 39.1. The predicted molar refractivity (Wildman–Crippen MR) is 147 cm³/mol. The van der Waals surface area contributed by atoms with Gasteiger partial charge in [-0.3, -0.25) is 19.7 Å². The maximum Gasteiger partial charge on any atom is 0.255 e. The van der Waals surface area contributed by atoms with E-state index in [0.29, 0.717) is 28.9 Å². The molecule has 0 radical (unpaired) electrons. The minimum Gasteiger partial charge on any atom is -0.322 e. The Morgan fingerprint density at radius 3 is 2.55 bits per heavy atom. The number of piperidine rings is 1. The van der Waals surface area contributed by atoms with Gasteiger partial charge >= 0.3 is 0 Å². The summed E-state index contributed by atoms with van der Waals surface area (Å²) in [5.74, 6) is 0.240. The second-order valence-corrected chi connectivity index (χ2v) is 13.7. The Labute approximate surface area is 230 Å². The highest BCUT2D eigenvalue weighted by molar-refractivity contribution is 7.99. The van der Waals surface area contributed by atoms with Crippen LogP contribution in [0.2, 0.25) is 0 Å². The zero-order valence-corrected chi connectivity index (χ0v) is 23.9. The zero-order valence-electron chi connectivity index (χ0n) is 23.0. The third kappa shape index (κ3) is 5.03. The van der Waals surface area contributed by atoms with Gasteiger partial charge in [-0.25, -0.2) is 4.39 Å². The predicted octanol–water partition coefficient (Wildman–Crippen LogP) is 5.43. The van der Waals surface area contributed by atoms with Crippen molar-refractivity contribution in [2.45, 2.75) is 109 Å². The fraction of sp³-hybridized carbons (Fsp3) is 0.700. The third-order valence-corrected chi connectivity index (χ3v) is 11.5. The minimum absolute atomic E-state index is 0.209. The normalized spacial score (nSPS) is 29.7. The molecule has 1 saturated heterocycles. The van der Waals surface area contributed by atoms with Gasteiger partial charge in [-0.2, -0.15) is 0 Å². The van der Waals surface area contributed by atoms with Gasteiger partial charge in [0.05, 0.1) is 0 Å². The van der Waals surface area contributed by atoms with Crippen LogP contribution in [-0.2, 0) is 16.1 Å². The third-order valence-electron chi connectivity index (χ3n) is 10.3. The summed E-state index contributed by atoms with van der Waals surface area (Å²) in [6.07, 6.45) is 10.4. The van der Waals surface area contributed by atoms with E-state index in [4.69, 9.17) is 0 Å². The average Bonchev–Trinajstić information content (AvgIpc) is 3.37. The number of thioether (sulfide) groups is 1. The number of unbranched alkanes of at least 4 members (excludes halogenated alkanes) is 4. The molecule has 6 nitrogen and oxygen atoms in total. The first kappa shape index (κ1) is 27.6. The van der Waals surface area contributed by atoms with E-state index in [1.54, 1.807) is 11.8 Å². The van der Waals surface area contributed by atoms with Gasteiger partial charge in [0.2, 0.25) is 11.8 Å². The summed E-state index contributed by atoms with van der Waals surface area (Å²) >= 11 is 1.60. The van der Waals surface area contributed by atoms with E-state index in [9.17, 15) is 18.8 Å². The van der Waals surface area contributed by atoms with Gasteiger partial charge in [0.1, 0.15) is 11.9 Å². The topological polar surface area (TPSA) is 78.5 Å². The number of carbonyl (C=O) groups excluding carboxylic acids is 3. The van der Waals surface area contributed by atoms with Crippen molar-refractivity contribution in [3.8, 4) is 0 Å². The maximum atomic E-state index is 14.4. The van der Waals surface area contributed by atoms with Crippen LogP contribution < -0.4 is 10.6 Å². The Kier molecular flexibility index (Phi) is 7.94. The van der Waals surface area contributed by atoms with Gasteiger partial charge in [-0.15, -0.1) is 11.8 Å². The number of imide groups is 1. The molecule has 208 valence electrons. The first-order chi connectivity index (χ1) is 18.1. The quantitative estimate of drug-likeness (QED) is 0.221. The van der Waals surface area contributed by atoms with Crippen molar-refractivity contribution < 1.29 is 18.8 Å². The van der Waals surface area contributed by atoms with Crippen molar-refractivity contribution in [2.24, 2.45) is 16.7 Å². The van der Waals surface area contributed by atoms with E-state index in [-0.39, 0.29) is 24.8 Å². The Morgan fingerprint density at radius 1 is 1.08 bits per heavy atom. The first-order valence-corrected chi connectivity index (χ1v) is 15.4. The standard InChI is InChI=1S/C30H42FN3O3S/c1-29(2)19-11-12-30(29,3)25(15-19)32-13-7-5-4-6-8-14-38-24-17-20(31)16-21-22(24)18-34(28(21)37)23-9-10-26(35)33-27(23)36/h16-17,19,23,25,32H,4-15,18H2,1-3H3,(H,33,35,36)/t19-,23?,25+,30+/m1/s1. The number of benzene rings is 1. The van der Waals surface area contributed by atoms with Crippen LogP contribution in [0.3, 0.4) is 0 Å². The maximum absolute atomic E-state index is 14.4. The number of rotatable bonds is 11. The molecule has 2 N–H and O–H groups in total. The lowest BCUT2D eigenvalue weighted by atomic mass is 9.69. The Balaban J connectivity index is 1.03. The van der Waals surface area contributed by atoms with E-state index in [2.05, 4.69) is 31.4 Å². The van der Waals surface area contributed by atoms with Crippen LogP contribution in [0.5, 0.6) is 0 Å². The molecular weight excluding hydrogens is 501 g/mol. The van der Waals surface area contributed by atoms with Gasteiger partial charge in [0.25, 0.3) is 5.91 Å². The molecule has 5 rings (SSSR count). The van der Waals surface area contributed by atoms with Crippen LogP contribution in [0, 0.1) is 22.6 Å². The summed E-state index contributed by atoms with van der Waals surface area (Å²) in [6, 6.07) is 2.77.